The zero-order valence-electron chi connectivity index (χ0n) is 17.1. The standard InChI is InChI=1S/C23H20Cl2N4O3/c1-14(28-29-23(31)18-7-2-3-8-20(18)26)15-5-4-6-17(11-15)27-22(30)13-32-21-10-9-16(24)12-19(21)25/h2-12H,13,26H2,1H3,(H,27,30)(H,29,31)/b28-14-. The second kappa shape index (κ2) is 10.7. The average molecular weight is 471 g/mol. The number of nitrogens with zero attached hydrogens (tertiary/aromatic N) is 1. The molecule has 9 heteroatoms. The number of carbonyl (C=O) groups excluding carboxylic acids is 2. The number of hydrogen-bond acceptors (Lipinski definition) is 5. The summed E-state index contributed by atoms with van der Waals surface area (Å²) in [7, 11) is 0. The molecular formula is C23H20Cl2N4O3. The fraction of sp³-hybridized carbons (Fsp3) is 0.0870. The second-order valence-corrected chi connectivity index (χ2v) is 7.56. The van der Waals surface area contributed by atoms with Crippen LogP contribution in [0.1, 0.15) is 22.8 Å². The summed E-state index contributed by atoms with van der Waals surface area (Å²) in [5.74, 6) is -0.418. The Balaban J connectivity index is 1.60. The summed E-state index contributed by atoms with van der Waals surface area (Å²) in [6, 6.07) is 18.5. The van der Waals surface area contributed by atoms with E-state index in [9.17, 15) is 9.59 Å². The van der Waals surface area contributed by atoms with Crippen LogP contribution in [0, 0.1) is 0 Å². The van der Waals surface area contributed by atoms with E-state index in [2.05, 4.69) is 15.8 Å². The molecule has 0 spiro atoms. The number of benzene rings is 3. The van der Waals surface area contributed by atoms with Crippen LogP contribution in [0.4, 0.5) is 11.4 Å². The van der Waals surface area contributed by atoms with Gasteiger partial charge in [-0.1, -0.05) is 47.5 Å². The van der Waals surface area contributed by atoms with Crippen molar-refractivity contribution >= 4 is 52.1 Å². The van der Waals surface area contributed by atoms with Crippen molar-refractivity contribution in [2.24, 2.45) is 5.10 Å². The van der Waals surface area contributed by atoms with Gasteiger partial charge in [0.05, 0.1) is 16.3 Å². The Kier molecular flexibility index (Phi) is 7.70. The maximum atomic E-state index is 12.3. The Morgan fingerprint density at radius 1 is 1.03 bits per heavy atom. The molecule has 164 valence electrons. The third-order valence-corrected chi connectivity index (χ3v) is 4.88. The summed E-state index contributed by atoms with van der Waals surface area (Å²) in [6.45, 7) is 1.51. The fourth-order valence-electron chi connectivity index (χ4n) is 2.72. The van der Waals surface area contributed by atoms with Crippen LogP contribution in [0.3, 0.4) is 0 Å². The van der Waals surface area contributed by atoms with E-state index in [1.54, 1.807) is 61.5 Å². The highest BCUT2D eigenvalue weighted by Gasteiger charge is 2.10. The number of halogens is 2. The summed E-state index contributed by atoms with van der Waals surface area (Å²) in [6.07, 6.45) is 0. The van der Waals surface area contributed by atoms with Gasteiger partial charge in [-0.15, -0.1) is 0 Å². The monoisotopic (exact) mass is 470 g/mol. The number of amides is 2. The lowest BCUT2D eigenvalue weighted by Crippen LogP contribution is -2.21. The normalized spacial score (nSPS) is 11.0. The molecule has 0 aromatic heterocycles. The van der Waals surface area contributed by atoms with Crippen molar-refractivity contribution in [2.75, 3.05) is 17.7 Å². The van der Waals surface area contributed by atoms with Gasteiger partial charge in [-0.3, -0.25) is 9.59 Å². The molecule has 32 heavy (non-hydrogen) atoms. The number of ether oxygens (including phenoxy) is 1. The first-order valence-corrected chi connectivity index (χ1v) is 10.3. The SMILES string of the molecule is C/C(=N/NC(=O)c1ccccc1N)c1cccc(NC(=O)COc2ccc(Cl)cc2Cl)c1. The predicted molar refractivity (Wildman–Crippen MR) is 128 cm³/mol. The van der Waals surface area contributed by atoms with Crippen LogP contribution in [0.15, 0.2) is 71.8 Å². The van der Waals surface area contributed by atoms with Gasteiger partial charge in [0, 0.05) is 16.4 Å². The van der Waals surface area contributed by atoms with E-state index in [0.717, 1.165) is 0 Å². The van der Waals surface area contributed by atoms with Crippen molar-refractivity contribution in [2.45, 2.75) is 6.92 Å². The van der Waals surface area contributed by atoms with Crippen LogP contribution >= 0.6 is 23.2 Å². The Labute approximate surface area is 195 Å². The van der Waals surface area contributed by atoms with E-state index >= 15 is 0 Å². The molecule has 3 aromatic rings. The molecule has 0 saturated carbocycles. The van der Waals surface area contributed by atoms with Crippen molar-refractivity contribution in [3.63, 3.8) is 0 Å². The number of nitrogens with one attached hydrogen (secondary N) is 2. The van der Waals surface area contributed by atoms with Crippen LogP contribution < -0.4 is 21.2 Å². The molecule has 3 aromatic carbocycles. The lowest BCUT2D eigenvalue weighted by atomic mass is 10.1. The lowest BCUT2D eigenvalue weighted by molar-refractivity contribution is -0.118. The molecule has 0 unspecified atom stereocenters. The van der Waals surface area contributed by atoms with E-state index in [0.29, 0.717) is 44.0 Å². The Morgan fingerprint density at radius 3 is 2.56 bits per heavy atom. The van der Waals surface area contributed by atoms with Gasteiger partial charge in [-0.25, -0.2) is 5.43 Å². The molecule has 0 radical (unpaired) electrons. The molecule has 0 atom stereocenters. The number of carbonyl (C=O) groups is 2. The van der Waals surface area contributed by atoms with Gasteiger partial charge in [-0.2, -0.15) is 5.10 Å². The quantitative estimate of drug-likeness (QED) is 0.263. The summed E-state index contributed by atoms with van der Waals surface area (Å²) >= 11 is 11.9. The lowest BCUT2D eigenvalue weighted by Gasteiger charge is -2.10. The third kappa shape index (κ3) is 6.23. The van der Waals surface area contributed by atoms with Gasteiger partial charge in [-0.05, 0) is 55.0 Å². The van der Waals surface area contributed by atoms with E-state index in [1.165, 1.54) is 6.07 Å². The molecule has 0 aliphatic rings. The van der Waals surface area contributed by atoms with Gasteiger partial charge in [0.15, 0.2) is 6.61 Å². The highest BCUT2D eigenvalue weighted by molar-refractivity contribution is 6.35. The summed E-state index contributed by atoms with van der Waals surface area (Å²) in [5, 5.41) is 7.66. The van der Waals surface area contributed by atoms with Crippen LogP contribution in [0.2, 0.25) is 10.0 Å². The van der Waals surface area contributed by atoms with E-state index in [-0.39, 0.29) is 12.5 Å². The van der Waals surface area contributed by atoms with Crippen LogP contribution in [0.25, 0.3) is 0 Å². The number of nitrogens with two attached hydrogens (primary N) is 1. The van der Waals surface area contributed by atoms with Crippen LogP contribution in [-0.4, -0.2) is 24.1 Å². The molecule has 0 aliphatic carbocycles. The van der Waals surface area contributed by atoms with Gasteiger partial charge in [0.25, 0.3) is 11.8 Å². The number of hydrogen-bond donors (Lipinski definition) is 3. The maximum Gasteiger partial charge on any atom is 0.273 e. The molecule has 7 nitrogen and oxygen atoms in total. The summed E-state index contributed by atoms with van der Waals surface area (Å²) < 4.78 is 5.44. The zero-order valence-corrected chi connectivity index (χ0v) is 18.6. The number of nitrogen functional groups attached to an aromatic ring is 1. The topological polar surface area (TPSA) is 106 Å². The first-order valence-electron chi connectivity index (χ1n) is 9.51. The second-order valence-electron chi connectivity index (χ2n) is 6.72. The molecule has 3 rings (SSSR count). The van der Waals surface area contributed by atoms with Crippen molar-refractivity contribution in [1.82, 2.24) is 5.43 Å². The van der Waals surface area contributed by atoms with Gasteiger partial charge >= 0.3 is 0 Å². The first-order chi connectivity index (χ1) is 15.3. The molecule has 0 heterocycles. The molecular weight excluding hydrogens is 451 g/mol. The van der Waals surface area contributed by atoms with Crippen molar-refractivity contribution in [3.8, 4) is 5.75 Å². The smallest absolute Gasteiger partial charge is 0.273 e. The van der Waals surface area contributed by atoms with Crippen molar-refractivity contribution in [3.05, 3.63) is 87.9 Å². The highest BCUT2D eigenvalue weighted by Crippen LogP contribution is 2.27. The van der Waals surface area contributed by atoms with Gasteiger partial charge in [0.1, 0.15) is 5.75 Å². The largest absolute Gasteiger partial charge is 0.482 e. The molecule has 0 saturated heterocycles. The average Bonchev–Trinajstić information content (AvgIpc) is 2.77. The van der Waals surface area contributed by atoms with E-state index in [4.69, 9.17) is 33.7 Å². The number of hydrazone groups is 1. The Hall–Kier alpha value is -3.55. The van der Waals surface area contributed by atoms with E-state index < -0.39 is 5.91 Å². The molecule has 0 aliphatic heterocycles. The predicted octanol–water partition coefficient (Wildman–Crippen LogP) is 4.75. The Bertz CT molecular complexity index is 1180. The Morgan fingerprint density at radius 2 is 1.81 bits per heavy atom. The third-order valence-electron chi connectivity index (χ3n) is 4.35. The number of rotatable bonds is 7. The van der Waals surface area contributed by atoms with Crippen molar-refractivity contribution < 1.29 is 14.3 Å². The van der Waals surface area contributed by atoms with Crippen LogP contribution in [0.5, 0.6) is 5.75 Å². The number of anilines is 2. The minimum absolute atomic E-state index is 0.229. The highest BCUT2D eigenvalue weighted by atomic mass is 35.5. The van der Waals surface area contributed by atoms with Crippen molar-refractivity contribution in [1.29, 1.82) is 0 Å². The minimum Gasteiger partial charge on any atom is -0.482 e. The van der Waals surface area contributed by atoms with E-state index in [1.807, 2.05) is 6.07 Å². The molecule has 0 bridgehead atoms. The fourth-order valence-corrected chi connectivity index (χ4v) is 3.18. The molecule has 4 N–H and O–H groups in total. The molecule has 2 amide bonds. The first kappa shape index (κ1) is 23.1. The van der Waals surface area contributed by atoms with Gasteiger partial charge < -0.3 is 15.8 Å². The summed E-state index contributed by atoms with van der Waals surface area (Å²) in [4.78, 5) is 24.5. The zero-order chi connectivity index (χ0) is 23.1. The van der Waals surface area contributed by atoms with Gasteiger partial charge in [0.2, 0.25) is 0 Å². The molecule has 0 fully saturated rings. The minimum atomic E-state index is -0.412. The van der Waals surface area contributed by atoms with Crippen LogP contribution in [-0.2, 0) is 4.79 Å². The maximum absolute atomic E-state index is 12.3. The number of para-hydroxylation sites is 1. The summed E-state index contributed by atoms with van der Waals surface area (Å²) in [5.41, 5.74) is 10.8.